The molecule has 0 saturated heterocycles. The lowest BCUT2D eigenvalue weighted by atomic mass is 10.0. The largest absolute Gasteiger partial charge is 0.354 e. The molecule has 1 heterocycles. The number of aryl methyl sites for hydroxylation is 1. The third-order valence-corrected chi connectivity index (χ3v) is 4.86. The van der Waals surface area contributed by atoms with E-state index in [-0.39, 0.29) is 17.6 Å². The van der Waals surface area contributed by atoms with Crippen molar-refractivity contribution in [3.63, 3.8) is 0 Å². The Morgan fingerprint density at radius 1 is 0.966 bits per heavy atom. The molecule has 1 aromatic heterocycles. The zero-order valence-corrected chi connectivity index (χ0v) is 17.8. The topological polar surface area (TPSA) is 91.1 Å². The van der Waals surface area contributed by atoms with Crippen molar-refractivity contribution in [1.82, 2.24) is 15.6 Å². The van der Waals surface area contributed by atoms with Crippen LogP contribution in [-0.4, -0.2) is 29.1 Å². The minimum atomic E-state index is -0.231. The molecule has 6 nitrogen and oxygen atoms in total. The quantitative estimate of drug-likeness (QED) is 0.419. The van der Waals surface area contributed by atoms with Crippen LogP contribution in [0.5, 0.6) is 0 Å². The molecule has 1 aromatic carbocycles. The average Bonchev–Trinajstić information content (AvgIpc) is 3.03. The first kappa shape index (κ1) is 22.4. The van der Waals surface area contributed by atoms with Gasteiger partial charge in [-0.05, 0) is 49.9 Å². The predicted octanol–water partition coefficient (Wildman–Crippen LogP) is 3.94. The van der Waals surface area contributed by atoms with Gasteiger partial charge in [-0.25, -0.2) is 0 Å². The molecule has 3 N–H and O–H groups in total. The Bertz CT molecular complexity index is 866. The highest BCUT2D eigenvalue weighted by Gasteiger charge is 2.22. The third kappa shape index (κ3) is 5.79. The van der Waals surface area contributed by atoms with E-state index in [1.54, 1.807) is 12.1 Å². The normalized spacial score (nSPS) is 10.6. The molecule has 156 valence electrons. The second-order valence-electron chi connectivity index (χ2n) is 7.27. The Kier molecular flexibility index (Phi) is 8.19. The highest BCUT2D eigenvalue weighted by molar-refractivity contribution is 6.02. The van der Waals surface area contributed by atoms with Crippen LogP contribution in [0.25, 0.3) is 0 Å². The van der Waals surface area contributed by atoms with Gasteiger partial charge in [0.15, 0.2) is 5.78 Å². The zero-order chi connectivity index (χ0) is 21.4. The summed E-state index contributed by atoms with van der Waals surface area (Å²) in [5.74, 6) is -0.351. The number of amides is 2. The van der Waals surface area contributed by atoms with E-state index in [0.717, 1.165) is 36.1 Å². The van der Waals surface area contributed by atoms with Crippen molar-refractivity contribution in [1.29, 1.82) is 0 Å². The molecule has 2 amide bonds. The van der Waals surface area contributed by atoms with Crippen molar-refractivity contribution in [2.75, 3.05) is 6.54 Å². The molecule has 0 fully saturated rings. The van der Waals surface area contributed by atoms with Crippen LogP contribution in [0.1, 0.15) is 88.1 Å². The molecule has 0 bridgehead atoms. The van der Waals surface area contributed by atoms with Crippen molar-refractivity contribution >= 4 is 17.6 Å². The first-order chi connectivity index (χ1) is 13.9. The van der Waals surface area contributed by atoms with Crippen LogP contribution >= 0.6 is 0 Å². The van der Waals surface area contributed by atoms with Gasteiger partial charge in [0.1, 0.15) is 5.69 Å². The third-order valence-electron chi connectivity index (χ3n) is 4.86. The minimum Gasteiger partial charge on any atom is -0.354 e. The van der Waals surface area contributed by atoms with Crippen LogP contribution in [0, 0.1) is 6.92 Å². The Hall–Kier alpha value is -2.89. The number of rotatable bonds is 10. The first-order valence-corrected chi connectivity index (χ1v) is 10.3. The van der Waals surface area contributed by atoms with Gasteiger partial charge in [-0.3, -0.25) is 14.4 Å². The van der Waals surface area contributed by atoms with Crippen molar-refractivity contribution in [3.05, 3.63) is 57.9 Å². The van der Waals surface area contributed by atoms with Crippen LogP contribution < -0.4 is 10.6 Å². The van der Waals surface area contributed by atoms with Crippen LogP contribution in [0.2, 0.25) is 0 Å². The van der Waals surface area contributed by atoms with Gasteiger partial charge in [0.05, 0.1) is 0 Å². The van der Waals surface area contributed by atoms with E-state index >= 15 is 0 Å². The van der Waals surface area contributed by atoms with Gasteiger partial charge >= 0.3 is 0 Å². The van der Waals surface area contributed by atoms with Gasteiger partial charge in [-0.1, -0.05) is 38.8 Å². The summed E-state index contributed by atoms with van der Waals surface area (Å²) in [4.78, 5) is 39.8. The highest BCUT2D eigenvalue weighted by atomic mass is 16.2. The van der Waals surface area contributed by atoms with Gasteiger partial charge < -0.3 is 15.6 Å². The first-order valence-electron chi connectivity index (χ1n) is 10.3. The number of nitrogens with one attached hydrogen (secondary N) is 3. The van der Waals surface area contributed by atoms with E-state index < -0.39 is 0 Å². The molecular formula is C23H31N3O3. The molecular weight excluding hydrogens is 366 g/mol. The number of carbonyl (C=O) groups excluding carboxylic acids is 3. The lowest BCUT2D eigenvalue weighted by Gasteiger charge is -2.08. The van der Waals surface area contributed by atoms with E-state index in [9.17, 15) is 14.4 Å². The zero-order valence-electron chi connectivity index (χ0n) is 17.8. The fourth-order valence-corrected chi connectivity index (χ4v) is 3.37. The summed E-state index contributed by atoms with van der Waals surface area (Å²) >= 11 is 0. The summed E-state index contributed by atoms with van der Waals surface area (Å²) in [7, 11) is 0. The number of ketones is 1. The number of H-pyrrole nitrogens is 1. The van der Waals surface area contributed by atoms with Crippen LogP contribution in [0.4, 0.5) is 0 Å². The molecule has 2 aromatic rings. The maximum Gasteiger partial charge on any atom is 0.268 e. The number of carbonyl (C=O) groups is 3. The number of benzene rings is 1. The molecule has 0 aliphatic rings. The summed E-state index contributed by atoms with van der Waals surface area (Å²) in [6.45, 7) is 8.46. The highest BCUT2D eigenvalue weighted by Crippen LogP contribution is 2.21. The summed E-state index contributed by atoms with van der Waals surface area (Å²) in [5.41, 5.74) is 4.10. The lowest BCUT2D eigenvalue weighted by Crippen LogP contribution is -2.25. The van der Waals surface area contributed by atoms with E-state index in [1.807, 2.05) is 26.0 Å². The molecule has 0 unspecified atom stereocenters. The fourth-order valence-electron chi connectivity index (χ4n) is 3.37. The lowest BCUT2D eigenvalue weighted by molar-refractivity contribution is 0.0939. The Balaban J connectivity index is 2.03. The van der Waals surface area contributed by atoms with E-state index in [2.05, 4.69) is 22.5 Å². The minimum absolute atomic E-state index is 0.0333. The molecule has 0 atom stereocenters. The number of unbranched alkanes of at least 4 members (excludes halogenated alkanes) is 1. The van der Waals surface area contributed by atoms with Gasteiger partial charge in [0.25, 0.3) is 11.8 Å². The molecule has 0 spiro atoms. The number of aromatic nitrogens is 1. The summed E-state index contributed by atoms with van der Waals surface area (Å²) in [5, 5.41) is 5.79. The maximum atomic E-state index is 12.7. The maximum absolute atomic E-state index is 12.7. The summed E-state index contributed by atoms with van der Waals surface area (Å²) < 4.78 is 0. The molecule has 2 rings (SSSR count). The number of hydrogen-bond acceptors (Lipinski definition) is 3. The van der Waals surface area contributed by atoms with Gasteiger partial charge in [0.2, 0.25) is 0 Å². The van der Waals surface area contributed by atoms with Gasteiger partial charge in [0, 0.05) is 29.9 Å². The van der Waals surface area contributed by atoms with Crippen molar-refractivity contribution in [2.45, 2.75) is 59.9 Å². The van der Waals surface area contributed by atoms with Crippen molar-refractivity contribution in [2.24, 2.45) is 0 Å². The second kappa shape index (κ2) is 10.6. The Labute approximate surface area is 172 Å². The fraction of sp³-hybridized carbons (Fsp3) is 0.435. The monoisotopic (exact) mass is 397 g/mol. The van der Waals surface area contributed by atoms with Crippen molar-refractivity contribution in [3.8, 4) is 0 Å². The molecule has 29 heavy (non-hydrogen) atoms. The van der Waals surface area contributed by atoms with Gasteiger partial charge in [-0.15, -0.1) is 0 Å². The SMILES string of the molecule is CCCCNC(=O)c1ccc(CNC(=O)c2[nH]c(C)c(C(C)=O)c2CCC)cc1. The summed E-state index contributed by atoms with van der Waals surface area (Å²) in [6.07, 6.45) is 3.51. The Morgan fingerprint density at radius 2 is 1.66 bits per heavy atom. The molecule has 0 radical (unpaired) electrons. The molecule has 6 heteroatoms. The van der Waals surface area contributed by atoms with Crippen LogP contribution in [0.15, 0.2) is 24.3 Å². The second-order valence-corrected chi connectivity index (χ2v) is 7.27. The van der Waals surface area contributed by atoms with E-state index in [4.69, 9.17) is 0 Å². The number of hydrogen-bond donors (Lipinski definition) is 3. The summed E-state index contributed by atoms with van der Waals surface area (Å²) in [6, 6.07) is 7.20. The average molecular weight is 398 g/mol. The molecule has 0 aliphatic carbocycles. The van der Waals surface area contributed by atoms with E-state index in [1.165, 1.54) is 6.92 Å². The number of Topliss-reactive ketones (excluding diaryl/α,β-unsaturated/α-hetero) is 1. The molecule has 0 saturated carbocycles. The molecule has 0 aliphatic heterocycles. The standard InChI is InChI=1S/C23H31N3O3/c1-5-7-13-24-22(28)18-11-9-17(10-12-18)14-25-23(29)21-19(8-6-2)20(16(4)27)15(3)26-21/h9-12,26H,5-8,13-14H2,1-4H3,(H,24,28)(H,25,29). The van der Waals surface area contributed by atoms with Crippen molar-refractivity contribution < 1.29 is 14.4 Å². The van der Waals surface area contributed by atoms with E-state index in [0.29, 0.717) is 36.3 Å². The van der Waals surface area contributed by atoms with Gasteiger partial charge in [-0.2, -0.15) is 0 Å². The Morgan fingerprint density at radius 3 is 2.24 bits per heavy atom. The van der Waals surface area contributed by atoms with Crippen LogP contribution in [-0.2, 0) is 13.0 Å². The number of aromatic amines is 1. The van der Waals surface area contributed by atoms with Crippen LogP contribution in [0.3, 0.4) is 0 Å². The smallest absolute Gasteiger partial charge is 0.268 e. The predicted molar refractivity (Wildman–Crippen MR) is 114 cm³/mol.